The second-order valence-corrected chi connectivity index (χ2v) is 3.70. The fraction of sp³-hybridized carbons (Fsp3) is 0. The van der Waals surface area contributed by atoms with Crippen LogP contribution in [-0.2, 0) is 0 Å². The van der Waals surface area contributed by atoms with Gasteiger partial charge in [-0.2, -0.15) is 5.26 Å². The second kappa shape index (κ2) is 3.36. The third-order valence-corrected chi connectivity index (χ3v) is 2.77. The van der Waals surface area contributed by atoms with Crippen molar-refractivity contribution in [1.82, 2.24) is 0 Å². The molecule has 1 heteroatoms. The lowest BCUT2D eigenvalue weighted by Crippen LogP contribution is -1.83. The van der Waals surface area contributed by atoms with Crippen LogP contribution in [0.5, 0.6) is 0 Å². The van der Waals surface area contributed by atoms with Gasteiger partial charge in [0.2, 0.25) is 0 Å². The molecule has 3 aromatic rings. The Labute approximate surface area is 93.6 Å². The minimum absolute atomic E-state index is 0.741. The number of nitriles is 1. The topological polar surface area (TPSA) is 23.8 Å². The Morgan fingerprint density at radius 3 is 1.81 bits per heavy atom. The van der Waals surface area contributed by atoms with Crippen molar-refractivity contribution in [2.45, 2.75) is 0 Å². The number of nitrogens with zero attached hydrogens (tertiary/aromatic N) is 1. The highest BCUT2D eigenvalue weighted by Gasteiger charge is 2.05. The van der Waals surface area contributed by atoms with Crippen molar-refractivity contribution in [2.24, 2.45) is 0 Å². The Hall–Kier alpha value is -2.33. The molecule has 0 saturated carbocycles. The second-order valence-electron chi connectivity index (χ2n) is 3.70. The maximum atomic E-state index is 9.27. The number of hydrogen-bond acceptors (Lipinski definition) is 1. The van der Waals surface area contributed by atoms with Gasteiger partial charge >= 0.3 is 0 Å². The van der Waals surface area contributed by atoms with Gasteiger partial charge in [-0.1, -0.05) is 48.5 Å². The highest BCUT2D eigenvalue weighted by Crippen LogP contribution is 2.26. The molecule has 0 fully saturated rings. The molecule has 3 rings (SSSR count). The predicted octanol–water partition coefficient (Wildman–Crippen LogP) is 3.66. The molecule has 0 aliphatic carbocycles. The van der Waals surface area contributed by atoms with E-state index >= 15 is 0 Å². The molecule has 1 radical (unpaired) electrons. The molecule has 3 aromatic carbocycles. The van der Waals surface area contributed by atoms with Crippen molar-refractivity contribution in [3.05, 3.63) is 60.2 Å². The summed E-state index contributed by atoms with van der Waals surface area (Å²) in [5.74, 6) is 0. The Morgan fingerprint density at radius 2 is 1.31 bits per heavy atom. The van der Waals surface area contributed by atoms with Crippen molar-refractivity contribution in [1.29, 1.82) is 5.26 Å². The molecule has 0 atom stereocenters. The Balaban J connectivity index is 2.63. The zero-order valence-electron chi connectivity index (χ0n) is 8.57. The summed E-state index contributed by atoms with van der Waals surface area (Å²) in [7, 11) is 0. The summed E-state index contributed by atoms with van der Waals surface area (Å²) < 4.78 is 0. The summed E-state index contributed by atoms with van der Waals surface area (Å²) in [4.78, 5) is 0. The molecule has 73 valence electrons. The lowest BCUT2D eigenvalue weighted by molar-refractivity contribution is 1.52. The van der Waals surface area contributed by atoms with E-state index in [4.69, 9.17) is 0 Å². The average molecular weight is 202 g/mol. The van der Waals surface area contributed by atoms with E-state index in [1.807, 2.05) is 48.5 Å². The van der Waals surface area contributed by atoms with Crippen molar-refractivity contribution in [3.8, 4) is 6.07 Å². The molecule has 0 amide bonds. The van der Waals surface area contributed by atoms with E-state index in [2.05, 4.69) is 12.1 Å². The Morgan fingerprint density at radius 1 is 0.812 bits per heavy atom. The first kappa shape index (κ1) is 8.94. The lowest BCUT2D eigenvalue weighted by Gasteiger charge is -2.04. The van der Waals surface area contributed by atoms with Gasteiger partial charge < -0.3 is 0 Å². The highest BCUT2D eigenvalue weighted by atomic mass is 14.2. The molecular formula is C15H8N. The monoisotopic (exact) mass is 202 g/mol. The third kappa shape index (κ3) is 1.17. The highest BCUT2D eigenvalue weighted by molar-refractivity contribution is 6.03. The van der Waals surface area contributed by atoms with Crippen LogP contribution in [0.2, 0.25) is 0 Å². The molecular weight excluding hydrogens is 194 g/mol. The molecule has 0 aliphatic rings. The molecule has 0 spiro atoms. The van der Waals surface area contributed by atoms with Gasteiger partial charge in [0.05, 0.1) is 5.56 Å². The van der Waals surface area contributed by atoms with Gasteiger partial charge in [-0.05, 0) is 16.8 Å². The SMILES string of the molecule is N#Cc1c2ccccc2[c]c2ccccc12. The summed E-state index contributed by atoms with van der Waals surface area (Å²) in [6.45, 7) is 0. The summed E-state index contributed by atoms with van der Waals surface area (Å²) in [6, 6.07) is 21.4. The van der Waals surface area contributed by atoms with Crippen LogP contribution < -0.4 is 0 Å². The van der Waals surface area contributed by atoms with Gasteiger partial charge in [-0.15, -0.1) is 0 Å². The smallest absolute Gasteiger partial charge is 0.100 e. The molecule has 0 N–H and O–H groups in total. The van der Waals surface area contributed by atoms with Crippen LogP contribution in [0.3, 0.4) is 0 Å². The zero-order chi connectivity index (χ0) is 11.0. The third-order valence-electron chi connectivity index (χ3n) is 2.77. The molecule has 0 bridgehead atoms. The first-order valence-electron chi connectivity index (χ1n) is 5.13. The van der Waals surface area contributed by atoms with E-state index in [1.165, 1.54) is 0 Å². The van der Waals surface area contributed by atoms with Gasteiger partial charge in [0.25, 0.3) is 0 Å². The maximum Gasteiger partial charge on any atom is 0.100 e. The van der Waals surface area contributed by atoms with Crippen LogP contribution in [0.25, 0.3) is 21.5 Å². The molecule has 1 nitrogen and oxygen atoms in total. The standard InChI is InChI=1S/C15H8N/c16-10-15-13-7-3-1-5-11(13)9-12-6-2-4-8-14(12)15/h1-8H. The van der Waals surface area contributed by atoms with E-state index in [0.717, 1.165) is 27.1 Å². The van der Waals surface area contributed by atoms with Crippen molar-refractivity contribution in [2.75, 3.05) is 0 Å². The minimum Gasteiger partial charge on any atom is -0.192 e. The number of fused-ring (bicyclic) bond motifs is 2. The summed E-state index contributed by atoms with van der Waals surface area (Å²) in [5, 5.41) is 13.2. The van der Waals surface area contributed by atoms with Crippen LogP contribution in [-0.4, -0.2) is 0 Å². The van der Waals surface area contributed by atoms with Crippen molar-refractivity contribution < 1.29 is 0 Å². The largest absolute Gasteiger partial charge is 0.192 e. The quantitative estimate of drug-likeness (QED) is 0.510. The van der Waals surface area contributed by atoms with Crippen LogP contribution in [0.4, 0.5) is 0 Å². The summed E-state index contributed by atoms with van der Waals surface area (Å²) in [5.41, 5.74) is 0.741. The van der Waals surface area contributed by atoms with Crippen LogP contribution in [0, 0.1) is 17.4 Å². The Bertz CT molecular complexity index is 666. The van der Waals surface area contributed by atoms with Gasteiger partial charge in [0.15, 0.2) is 0 Å². The van der Waals surface area contributed by atoms with E-state index in [9.17, 15) is 5.26 Å². The molecule has 0 heterocycles. The van der Waals surface area contributed by atoms with Gasteiger partial charge in [0, 0.05) is 10.8 Å². The van der Waals surface area contributed by atoms with Crippen LogP contribution in [0.1, 0.15) is 5.56 Å². The van der Waals surface area contributed by atoms with Gasteiger partial charge in [-0.25, -0.2) is 0 Å². The van der Waals surface area contributed by atoms with Crippen molar-refractivity contribution in [3.63, 3.8) is 0 Å². The van der Waals surface area contributed by atoms with E-state index in [-0.39, 0.29) is 0 Å². The minimum atomic E-state index is 0.741. The maximum absolute atomic E-state index is 9.27. The zero-order valence-corrected chi connectivity index (χ0v) is 8.57. The Kier molecular flexibility index (Phi) is 1.88. The van der Waals surface area contributed by atoms with E-state index < -0.39 is 0 Å². The number of benzene rings is 3. The van der Waals surface area contributed by atoms with Crippen LogP contribution in [0.15, 0.2) is 48.5 Å². The first-order chi connectivity index (χ1) is 7.90. The fourth-order valence-corrected chi connectivity index (χ4v) is 2.03. The summed E-state index contributed by atoms with van der Waals surface area (Å²) >= 11 is 0. The average Bonchev–Trinajstić information content (AvgIpc) is 2.36. The first-order valence-corrected chi connectivity index (χ1v) is 5.13. The molecule has 0 saturated heterocycles. The summed E-state index contributed by atoms with van der Waals surface area (Å²) in [6.07, 6.45) is 0. The predicted molar refractivity (Wildman–Crippen MR) is 65.0 cm³/mol. The number of hydrogen-bond donors (Lipinski definition) is 0. The van der Waals surface area contributed by atoms with Gasteiger partial charge in [0.1, 0.15) is 6.07 Å². The lowest BCUT2D eigenvalue weighted by atomic mass is 9.98. The van der Waals surface area contributed by atoms with Crippen LogP contribution >= 0.6 is 0 Å². The molecule has 0 unspecified atom stereocenters. The van der Waals surface area contributed by atoms with E-state index in [0.29, 0.717) is 0 Å². The normalized spacial score (nSPS) is 10.4. The molecule has 16 heavy (non-hydrogen) atoms. The van der Waals surface area contributed by atoms with E-state index in [1.54, 1.807) is 0 Å². The van der Waals surface area contributed by atoms with Gasteiger partial charge in [-0.3, -0.25) is 0 Å². The fourth-order valence-electron chi connectivity index (χ4n) is 2.03. The number of rotatable bonds is 0. The molecule has 0 aliphatic heterocycles. The molecule has 0 aromatic heterocycles. The van der Waals surface area contributed by atoms with Crippen molar-refractivity contribution >= 4 is 21.5 Å².